The summed E-state index contributed by atoms with van der Waals surface area (Å²) < 4.78 is 0. The fourth-order valence-corrected chi connectivity index (χ4v) is 2.48. The van der Waals surface area contributed by atoms with E-state index in [9.17, 15) is 5.11 Å². The number of β-amino-alcohol motifs (C(OH)–C–C–N with tert-alkyl or cyclic N) is 1. The second kappa shape index (κ2) is 5.65. The van der Waals surface area contributed by atoms with Crippen LogP contribution in [0.1, 0.15) is 37.3 Å². The Labute approximate surface area is 104 Å². The van der Waals surface area contributed by atoms with E-state index in [1.165, 1.54) is 11.1 Å². The first kappa shape index (κ1) is 12.6. The molecule has 2 rings (SSSR count). The largest absolute Gasteiger partial charge is 0.389 e. The standard InChI is InChI=1S/C15H23NO/c1-2-13-4-6-14(7-5-13)8-10-15(17)9-3-11-16-12-15/h4-7,16-17H,2-3,8-12H2,1H3. The van der Waals surface area contributed by atoms with Gasteiger partial charge >= 0.3 is 0 Å². The molecule has 2 heteroatoms. The Morgan fingerprint density at radius 2 is 1.94 bits per heavy atom. The fraction of sp³-hybridized carbons (Fsp3) is 0.600. The van der Waals surface area contributed by atoms with Gasteiger partial charge in [0.25, 0.3) is 0 Å². The van der Waals surface area contributed by atoms with Crippen LogP contribution in [0.25, 0.3) is 0 Å². The predicted molar refractivity (Wildman–Crippen MR) is 71.2 cm³/mol. The van der Waals surface area contributed by atoms with Gasteiger partial charge in [-0.2, -0.15) is 0 Å². The van der Waals surface area contributed by atoms with Gasteiger partial charge in [-0.25, -0.2) is 0 Å². The highest BCUT2D eigenvalue weighted by molar-refractivity contribution is 5.22. The first-order chi connectivity index (χ1) is 8.22. The molecule has 2 nitrogen and oxygen atoms in total. The summed E-state index contributed by atoms with van der Waals surface area (Å²) in [6.45, 7) is 3.97. The highest BCUT2D eigenvalue weighted by Crippen LogP contribution is 2.22. The number of hydrogen-bond donors (Lipinski definition) is 2. The number of hydrogen-bond acceptors (Lipinski definition) is 2. The number of piperidine rings is 1. The lowest BCUT2D eigenvalue weighted by Crippen LogP contribution is -2.45. The quantitative estimate of drug-likeness (QED) is 0.836. The summed E-state index contributed by atoms with van der Waals surface area (Å²) in [6.07, 6.45) is 4.96. The van der Waals surface area contributed by atoms with Crippen LogP contribution >= 0.6 is 0 Å². The first-order valence-electron chi connectivity index (χ1n) is 6.73. The van der Waals surface area contributed by atoms with E-state index >= 15 is 0 Å². The van der Waals surface area contributed by atoms with Crippen molar-refractivity contribution in [2.45, 2.75) is 44.6 Å². The SMILES string of the molecule is CCc1ccc(CCC2(O)CCCNC2)cc1. The van der Waals surface area contributed by atoms with Crippen LogP contribution < -0.4 is 5.32 Å². The average molecular weight is 233 g/mol. The van der Waals surface area contributed by atoms with Gasteiger partial charge in [-0.3, -0.25) is 0 Å². The fourth-order valence-electron chi connectivity index (χ4n) is 2.48. The minimum absolute atomic E-state index is 0.484. The summed E-state index contributed by atoms with van der Waals surface area (Å²) in [6, 6.07) is 8.77. The lowest BCUT2D eigenvalue weighted by molar-refractivity contribution is 0.00888. The molecular formula is C15H23NO. The van der Waals surface area contributed by atoms with Crippen LogP contribution in [0.3, 0.4) is 0 Å². The van der Waals surface area contributed by atoms with Crippen LogP contribution in [0.5, 0.6) is 0 Å². The van der Waals surface area contributed by atoms with Crippen LogP contribution in [-0.4, -0.2) is 23.8 Å². The summed E-state index contributed by atoms with van der Waals surface area (Å²) in [5.41, 5.74) is 2.23. The zero-order valence-electron chi connectivity index (χ0n) is 10.7. The molecule has 1 aromatic rings. The molecule has 0 aromatic heterocycles. The number of nitrogens with one attached hydrogen (secondary N) is 1. The van der Waals surface area contributed by atoms with E-state index in [0.29, 0.717) is 0 Å². The summed E-state index contributed by atoms with van der Waals surface area (Å²) in [7, 11) is 0. The van der Waals surface area contributed by atoms with Crippen molar-refractivity contribution in [3.63, 3.8) is 0 Å². The van der Waals surface area contributed by atoms with E-state index in [-0.39, 0.29) is 0 Å². The molecule has 0 spiro atoms. The molecule has 1 saturated heterocycles. The zero-order valence-corrected chi connectivity index (χ0v) is 10.7. The van der Waals surface area contributed by atoms with Crippen molar-refractivity contribution in [2.75, 3.05) is 13.1 Å². The third-order valence-corrected chi connectivity index (χ3v) is 3.76. The van der Waals surface area contributed by atoms with E-state index in [1.54, 1.807) is 0 Å². The van der Waals surface area contributed by atoms with Gasteiger partial charge in [0.2, 0.25) is 0 Å². The Morgan fingerprint density at radius 1 is 1.24 bits per heavy atom. The van der Waals surface area contributed by atoms with Crippen LogP contribution in [0.4, 0.5) is 0 Å². The Morgan fingerprint density at radius 3 is 2.53 bits per heavy atom. The van der Waals surface area contributed by atoms with Crippen LogP contribution in [0.2, 0.25) is 0 Å². The molecule has 1 atom stereocenters. The third-order valence-electron chi connectivity index (χ3n) is 3.76. The molecule has 2 N–H and O–H groups in total. The van der Waals surface area contributed by atoms with Crippen molar-refractivity contribution >= 4 is 0 Å². The minimum atomic E-state index is -0.484. The second-order valence-electron chi connectivity index (χ2n) is 5.17. The maximum Gasteiger partial charge on any atom is 0.0775 e. The molecule has 1 fully saturated rings. The number of aliphatic hydroxyl groups is 1. The van der Waals surface area contributed by atoms with Gasteiger partial charge in [0.05, 0.1) is 5.60 Å². The molecule has 1 aromatic carbocycles. The Balaban J connectivity index is 1.87. The molecule has 1 aliphatic heterocycles. The van der Waals surface area contributed by atoms with Gasteiger partial charge < -0.3 is 10.4 Å². The van der Waals surface area contributed by atoms with Crippen molar-refractivity contribution in [1.29, 1.82) is 0 Å². The average Bonchev–Trinajstić information content (AvgIpc) is 2.38. The molecule has 0 amide bonds. The van der Waals surface area contributed by atoms with Crippen molar-refractivity contribution in [3.8, 4) is 0 Å². The Kier molecular flexibility index (Phi) is 4.19. The molecule has 17 heavy (non-hydrogen) atoms. The van der Waals surface area contributed by atoms with Gasteiger partial charge in [-0.15, -0.1) is 0 Å². The van der Waals surface area contributed by atoms with Gasteiger partial charge in [-0.1, -0.05) is 31.2 Å². The lowest BCUT2D eigenvalue weighted by Gasteiger charge is -2.32. The summed E-state index contributed by atoms with van der Waals surface area (Å²) >= 11 is 0. The summed E-state index contributed by atoms with van der Waals surface area (Å²) in [5, 5.41) is 13.7. The Bertz CT molecular complexity index is 338. The Hall–Kier alpha value is -0.860. The maximum absolute atomic E-state index is 10.4. The smallest absolute Gasteiger partial charge is 0.0775 e. The van der Waals surface area contributed by atoms with Crippen molar-refractivity contribution in [3.05, 3.63) is 35.4 Å². The molecule has 1 unspecified atom stereocenters. The van der Waals surface area contributed by atoms with Crippen LogP contribution in [0, 0.1) is 0 Å². The van der Waals surface area contributed by atoms with Crippen molar-refractivity contribution in [1.82, 2.24) is 5.32 Å². The molecule has 0 bridgehead atoms. The molecule has 0 saturated carbocycles. The molecule has 1 aliphatic rings. The third kappa shape index (κ3) is 3.55. The van der Waals surface area contributed by atoms with Gasteiger partial charge in [0.1, 0.15) is 0 Å². The molecular weight excluding hydrogens is 210 g/mol. The number of aryl methyl sites for hydroxylation is 2. The maximum atomic E-state index is 10.4. The number of rotatable bonds is 4. The normalized spacial score (nSPS) is 24.8. The van der Waals surface area contributed by atoms with E-state index in [0.717, 1.165) is 45.2 Å². The molecule has 0 radical (unpaired) electrons. The second-order valence-corrected chi connectivity index (χ2v) is 5.17. The van der Waals surface area contributed by atoms with Gasteiger partial charge in [0, 0.05) is 6.54 Å². The van der Waals surface area contributed by atoms with Crippen LogP contribution in [-0.2, 0) is 12.8 Å². The monoisotopic (exact) mass is 233 g/mol. The summed E-state index contributed by atoms with van der Waals surface area (Å²) in [5.74, 6) is 0. The van der Waals surface area contributed by atoms with Crippen molar-refractivity contribution < 1.29 is 5.11 Å². The molecule has 94 valence electrons. The number of benzene rings is 1. The summed E-state index contributed by atoms with van der Waals surface area (Å²) in [4.78, 5) is 0. The van der Waals surface area contributed by atoms with E-state index in [4.69, 9.17) is 0 Å². The van der Waals surface area contributed by atoms with Crippen LogP contribution in [0.15, 0.2) is 24.3 Å². The molecule has 0 aliphatic carbocycles. The zero-order chi connectivity index (χ0) is 12.1. The topological polar surface area (TPSA) is 32.3 Å². The highest BCUT2D eigenvalue weighted by Gasteiger charge is 2.28. The highest BCUT2D eigenvalue weighted by atomic mass is 16.3. The predicted octanol–water partition coefficient (Wildman–Crippen LogP) is 2.30. The molecule has 1 heterocycles. The minimum Gasteiger partial charge on any atom is -0.389 e. The van der Waals surface area contributed by atoms with Gasteiger partial charge in [0.15, 0.2) is 0 Å². The first-order valence-corrected chi connectivity index (χ1v) is 6.73. The van der Waals surface area contributed by atoms with Crippen molar-refractivity contribution in [2.24, 2.45) is 0 Å². The van der Waals surface area contributed by atoms with E-state index < -0.39 is 5.60 Å². The van der Waals surface area contributed by atoms with Gasteiger partial charge in [-0.05, 0) is 49.8 Å². The van der Waals surface area contributed by atoms with E-state index in [2.05, 4.69) is 36.5 Å². The lowest BCUT2D eigenvalue weighted by atomic mass is 9.88. The van der Waals surface area contributed by atoms with E-state index in [1.807, 2.05) is 0 Å².